The van der Waals surface area contributed by atoms with Crippen LogP contribution in [0, 0.1) is 11.3 Å². The molecule has 0 spiro atoms. The highest BCUT2D eigenvalue weighted by Gasteiger charge is 2.31. The third-order valence-electron chi connectivity index (χ3n) is 3.10. The molecule has 0 bridgehead atoms. The van der Waals surface area contributed by atoms with Crippen LogP contribution in [-0.4, -0.2) is 34.2 Å². The molecule has 1 aromatic rings. The van der Waals surface area contributed by atoms with Crippen LogP contribution in [0.1, 0.15) is 59.6 Å². The van der Waals surface area contributed by atoms with Gasteiger partial charge in [-0.25, -0.2) is 14.5 Å². The lowest BCUT2D eigenvalue weighted by Crippen LogP contribution is -2.43. The van der Waals surface area contributed by atoms with Gasteiger partial charge in [0.25, 0.3) is 0 Å². The van der Waals surface area contributed by atoms with Crippen molar-refractivity contribution in [3.8, 4) is 6.07 Å². The summed E-state index contributed by atoms with van der Waals surface area (Å²) in [6, 6.07) is 6.61. The maximum absolute atomic E-state index is 12.6. The van der Waals surface area contributed by atoms with Gasteiger partial charge in [0, 0.05) is 12.6 Å². The number of hydrogen-bond donors (Lipinski definition) is 1. The Hall–Kier alpha value is -3.08. The molecule has 1 rings (SSSR count). The Kier molecular flexibility index (Phi) is 7.17. The number of hydrogen-bond acceptors (Lipinski definition) is 6. The molecule has 152 valence electrons. The zero-order valence-electron chi connectivity index (χ0n) is 17.4. The lowest BCUT2D eigenvalue weighted by molar-refractivity contribution is -0.114. The summed E-state index contributed by atoms with van der Waals surface area (Å²) in [5.41, 5.74) is -0.590. The number of ether oxygens (including phenoxy) is 2. The molecule has 8 nitrogen and oxygen atoms in total. The lowest BCUT2D eigenvalue weighted by Gasteiger charge is -2.29. The van der Waals surface area contributed by atoms with Crippen LogP contribution < -0.4 is 5.32 Å². The van der Waals surface area contributed by atoms with Gasteiger partial charge in [-0.3, -0.25) is 4.79 Å². The van der Waals surface area contributed by atoms with Crippen molar-refractivity contribution in [1.29, 1.82) is 5.26 Å². The van der Waals surface area contributed by atoms with Gasteiger partial charge in [0.2, 0.25) is 5.91 Å². The first-order chi connectivity index (χ1) is 12.7. The molecular formula is C20H27N3O5. The molecule has 0 saturated carbocycles. The van der Waals surface area contributed by atoms with Crippen LogP contribution in [0.3, 0.4) is 0 Å². The number of imide groups is 1. The fraction of sp³-hybridized carbons (Fsp3) is 0.500. The van der Waals surface area contributed by atoms with Crippen LogP contribution in [0.25, 0.3) is 0 Å². The van der Waals surface area contributed by atoms with Crippen LogP contribution in [0.2, 0.25) is 0 Å². The Morgan fingerprint density at radius 2 is 1.54 bits per heavy atom. The molecule has 1 aromatic carbocycles. The second kappa shape index (κ2) is 8.74. The van der Waals surface area contributed by atoms with E-state index in [9.17, 15) is 19.6 Å². The van der Waals surface area contributed by atoms with Crippen LogP contribution in [0.15, 0.2) is 18.2 Å². The molecule has 0 unspecified atom stereocenters. The van der Waals surface area contributed by atoms with Gasteiger partial charge >= 0.3 is 12.2 Å². The number of amides is 3. The van der Waals surface area contributed by atoms with E-state index in [1.54, 1.807) is 47.6 Å². The summed E-state index contributed by atoms with van der Waals surface area (Å²) in [5, 5.41) is 12.0. The number of nitriles is 1. The number of anilines is 1. The zero-order chi connectivity index (χ0) is 21.7. The Balaban J connectivity index is 3.28. The fourth-order valence-corrected chi connectivity index (χ4v) is 2.12. The third kappa shape index (κ3) is 7.66. The SMILES string of the molecule is CC(=O)Nc1ccc(C#N)c(CN(C(=O)OC(C)(C)C)C(=O)OC(C)(C)C)c1. The van der Waals surface area contributed by atoms with Crippen LogP contribution in [0.5, 0.6) is 0 Å². The number of nitrogens with one attached hydrogen (secondary N) is 1. The first kappa shape index (κ1) is 23.0. The topological polar surface area (TPSA) is 109 Å². The van der Waals surface area contributed by atoms with E-state index in [-0.39, 0.29) is 18.0 Å². The van der Waals surface area contributed by atoms with Gasteiger partial charge in [0.15, 0.2) is 0 Å². The third-order valence-corrected chi connectivity index (χ3v) is 3.10. The first-order valence-electron chi connectivity index (χ1n) is 8.76. The predicted octanol–water partition coefficient (Wildman–Crippen LogP) is 4.19. The van der Waals surface area contributed by atoms with Crippen molar-refractivity contribution in [2.24, 2.45) is 0 Å². The van der Waals surface area contributed by atoms with Gasteiger partial charge in [0.05, 0.1) is 18.2 Å². The molecule has 0 atom stereocenters. The molecule has 0 aliphatic heterocycles. The van der Waals surface area contributed by atoms with Crippen LogP contribution in [0.4, 0.5) is 15.3 Å². The lowest BCUT2D eigenvalue weighted by atomic mass is 10.1. The summed E-state index contributed by atoms with van der Waals surface area (Å²) in [5.74, 6) is -0.285. The largest absolute Gasteiger partial charge is 0.443 e. The highest BCUT2D eigenvalue weighted by molar-refractivity contribution is 5.89. The van der Waals surface area contributed by atoms with E-state index in [2.05, 4.69) is 5.32 Å². The molecular weight excluding hydrogens is 362 g/mol. The monoisotopic (exact) mass is 389 g/mol. The van der Waals surface area contributed by atoms with Crippen LogP contribution >= 0.6 is 0 Å². The average molecular weight is 389 g/mol. The molecule has 0 saturated heterocycles. The van der Waals surface area contributed by atoms with Crippen molar-refractivity contribution in [3.05, 3.63) is 29.3 Å². The minimum atomic E-state index is -0.893. The van der Waals surface area contributed by atoms with E-state index in [1.165, 1.54) is 19.1 Å². The molecule has 0 aliphatic carbocycles. The normalized spacial score (nSPS) is 11.2. The molecule has 0 fully saturated rings. The summed E-state index contributed by atoms with van der Waals surface area (Å²) >= 11 is 0. The summed E-state index contributed by atoms with van der Waals surface area (Å²) in [7, 11) is 0. The molecule has 8 heteroatoms. The number of benzene rings is 1. The standard InChI is InChI=1S/C20H27N3O5/c1-13(24)22-16-9-8-14(11-21)15(10-16)12-23(17(25)27-19(2,3)4)18(26)28-20(5,6)7/h8-10H,12H2,1-7H3,(H,22,24). The van der Waals surface area contributed by atoms with Gasteiger partial charge in [0.1, 0.15) is 11.2 Å². The van der Waals surface area contributed by atoms with E-state index >= 15 is 0 Å². The Morgan fingerprint density at radius 3 is 1.93 bits per heavy atom. The number of rotatable bonds is 3. The van der Waals surface area contributed by atoms with Crippen LogP contribution in [-0.2, 0) is 20.8 Å². The van der Waals surface area contributed by atoms with E-state index in [0.29, 0.717) is 11.3 Å². The van der Waals surface area contributed by atoms with Gasteiger partial charge < -0.3 is 14.8 Å². The number of carbonyl (C=O) groups is 3. The fourth-order valence-electron chi connectivity index (χ4n) is 2.12. The van der Waals surface area contributed by atoms with Crippen molar-refractivity contribution < 1.29 is 23.9 Å². The maximum Gasteiger partial charge on any atom is 0.420 e. The van der Waals surface area contributed by atoms with Crippen molar-refractivity contribution >= 4 is 23.8 Å². The smallest absolute Gasteiger partial charge is 0.420 e. The summed E-state index contributed by atoms with van der Waals surface area (Å²) < 4.78 is 10.6. The minimum Gasteiger partial charge on any atom is -0.443 e. The molecule has 0 aromatic heterocycles. The molecule has 0 heterocycles. The van der Waals surface area contributed by atoms with E-state index in [1.807, 2.05) is 6.07 Å². The second-order valence-corrected chi connectivity index (χ2v) is 8.21. The van der Waals surface area contributed by atoms with E-state index in [0.717, 1.165) is 4.90 Å². The second-order valence-electron chi connectivity index (χ2n) is 8.21. The average Bonchev–Trinajstić information content (AvgIpc) is 2.48. The van der Waals surface area contributed by atoms with Crippen molar-refractivity contribution in [1.82, 2.24) is 4.90 Å². The van der Waals surface area contributed by atoms with Gasteiger partial charge in [-0.05, 0) is 65.3 Å². The minimum absolute atomic E-state index is 0.250. The summed E-state index contributed by atoms with van der Waals surface area (Å²) in [6.45, 7) is 11.2. The quantitative estimate of drug-likeness (QED) is 0.830. The number of carbonyl (C=O) groups excluding carboxylic acids is 3. The number of nitrogens with zero attached hydrogens (tertiary/aromatic N) is 2. The Morgan fingerprint density at radius 1 is 1.04 bits per heavy atom. The highest BCUT2D eigenvalue weighted by atomic mass is 16.6. The molecule has 28 heavy (non-hydrogen) atoms. The first-order valence-corrected chi connectivity index (χ1v) is 8.76. The molecule has 0 aliphatic rings. The van der Waals surface area contributed by atoms with Gasteiger partial charge in [-0.15, -0.1) is 0 Å². The van der Waals surface area contributed by atoms with E-state index < -0.39 is 23.4 Å². The molecule has 3 amide bonds. The zero-order valence-corrected chi connectivity index (χ0v) is 17.4. The van der Waals surface area contributed by atoms with Crippen molar-refractivity contribution in [3.63, 3.8) is 0 Å². The predicted molar refractivity (Wildman–Crippen MR) is 103 cm³/mol. The van der Waals surface area contributed by atoms with Gasteiger partial charge in [-0.1, -0.05) is 0 Å². The summed E-state index contributed by atoms with van der Waals surface area (Å²) in [4.78, 5) is 37.3. The highest BCUT2D eigenvalue weighted by Crippen LogP contribution is 2.21. The molecule has 1 N–H and O–H groups in total. The van der Waals surface area contributed by atoms with Crippen molar-refractivity contribution in [2.75, 3.05) is 5.32 Å². The van der Waals surface area contributed by atoms with Gasteiger partial charge in [-0.2, -0.15) is 5.26 Å². The maximum atomic E-state index is 12.6. The Bertz CT molecular complexity index is 770. The molecule has 0 radical (unpaired) electrons. The summed E-state index contributed by atoms with van der Waals surface area (Å²) in [6.07, 6.45) is -1.79. The van der Waals surface area contributed by atoms with Crippen molar-refractivity contribution in [2.45, 2.75) is 66.2 Å². The van der Waals surface area contributed by atoms with E-state index in [4.69, 9.17) is 9.47 Å². The Labute approximate surface area is 165 Å².